The van der Waals surface area contributed by atoms with Crippen LogP contribution >= 0.6 is 11.8 Å². The summed E-state index contributed by atoms with van der Waals surface area (Å²) in [4.78, 5) is 11.8. The molecule has 2 rings (SSSR count). The Hall–Kier alpha value is -2.33. The minimum Gasteiger partial charge on any atom is -0.326 e. The lowest BCUT2D eigenvalue weighted by molar-refractivity contribution is -0.116. The van der Waals surface area contributed by atoms with Crippen molar-refractivity contribution in [2.24, 2.45) is 7.05 Å². The molecular formula is C14H15N5OS. The molecule has 0 aliphatic heterocycles. The molecule has 0 unspecified atom stereocenters. The summed E-state index contributed by atoms with van der Waals surface area (Å²) in [5.41, 5.74) is 1.19. The number of nitriles is 1. The monoisotopic (exact) mass is 301 g/mol. The average molecular weight is 301 g/mol. The Morgan fingerprint density at radius 1 is 1.52 bits per heavy atom. The van der Waals surface area contributed by atoms with Crippen molar-refractivity contribution in [3.63, 3.8) is 0 Å². The standard InChI is InChI=1S/C14H15N5OS/c1-19-10-16-18-14(19)21-7-3-6-13(20)17-12-5-2-4-11(8-12)9-15/h2,4-5,8,10H,3,6-7H2,1H3,(H,17,20). The summed E-state index contributed by atoms with van der Waals surface area (Å²) >= 11 is 1.57. The Labute approximate surface area is 127 Å². The highest BCUT2D eigenvalue weighted by Crippen LogP contribution is 2.16. The van der Waals surface area contributed by atoms with E-state index >= 15 is 0 Å². The summed E-state index contributed by atoms with van der Waals surface area (Å²) in [7, 11) is 1.89. The maximum Gasteiger partial charge on any atom is 0.224 e. The number of rotatable bonds is 6. The number of benzene rings is 1. The zero-order valence-electron chi connectivity index (χ0n) is 11.6. The lowest BCUT2D eigenvalue weighted by Gasteiger charge is -2.05. The van der Waals surface area contributed by atoms with Crippen molar-refractivity contribution in [3.05, 3.63) is 36.2 Å². The summed E-state index contributed by atoms with van der Waals surface area (Å²) < 4.78 is 1.85. The second kappa shape index (κ2) is 7.45. The van der Waals surface area contributed by atoms with Crippen LogP contribution in [0.15, 0.2) is 35.7 Å². The Kier molecular flexibility index (Phi) is 5.35. The molecule has 0 radical (unpaired) electrons. The molecule has 7 heteroatoms. The molecular weight excluding hydrogens is 286 g/mol. The molecule has 0 aliphatic rings. The van der Waals surface area contributed by atoms with Crippen LogP contribution in [0.5, 0.6) is 0 Å². The molecule has 0 atom stereocenters. The number of anilines is 1. The Bertz CT molecular complexity index is 661. The molecule has 1 heterocycles. The van der Waals surface area contributed by atoms with Crippen molar-refractivity contribution < 1.29 is 4.79 Å². The third-order valence-electron chi connectivity index (χ3n) is 2.72. The minimum absolute atomic E-state index is 0.0522. The van der Waals surface area contributed by atoms with Gasteiger partial charge in [0.2, 0.25) is 5.91 Å². The smallest absolute Gasteiger partial charge is 0.224 e. The average Bonchev–Trinajstić information content (AvgIpc) is 2.89. The fraction of sp³-hybridized carbons (Fsp3) is 0.286. The first-order valence-corrected chi connectivity index (χ1v) is 7.44. The molecule has 108 valence electrons. The molecule has 6 nitrogen and oxygen atoms in total. The highest BCUT2D eigenvalue weighted by atomic mass is 32.2. The van der Waals surface area contributed by atoms with E-state index in [0.29, 0.717) is 17.7 Å². The van der Waals surface area contributed by atoms with E-state index in [9.17, 15) is 4.79 Å². The van der Waals surface area contributed by atoms with Crippen LogP contribution in [0.1, 0.15) is 18.4 Å². The molecule has 21 heavy (non-hydrogen) atoms. The van der Waals surface area contributed by atoms with Gasteiger partial charge in [-0.15, -0.1) is 10.2 Å². The Balaban J connectivity index is 1.72. The lowest BCUT2D eigenvalue weighted by atomic mass is 10.2. The SMILES string of the molecule is Cn1cnnc1SCCCC(=O)Nc1cccc(C#N)c1. The van der Waals surface area contributed by atoms with Crippen molar-refractivity contribution in [2.45, 2.75) is 18.0 Å². The molecule has 0 aliphatic carbocycles. The van der Waals surface area contributed by atoms with E-state index in [-0.39, 0.29) is 5.91 Å². The number of thioether (sulfide) groups is 1. The van der Waals surface area contributed by atoms with Gasteiger partial charge in [0.25, 0.3) is 0 Å². The van der Waals surface area contributed by atoms with E-state index < -0.39 is 0 Å². The number of hydrogen-bond donors (Lipinski definition) is 1. The highest BCUT2D eigenvalue weighted by molar-refractivity contribution is 7.99. The normalized spacial score (nSPS) is 10.1. The van der Waals surface area contributed by atoms with Crippen LogP contribution < -0.4 is 5.32 Å². The number of aromatic nitrogens is 3. The summed E-state index contributed by atoms with van der Waals surface area (Å²) in [6.45, 7) is 0. The quantitative estimate of drug-likeness (QED) is 0.653. The first-order chi connectivity index (χ1) is 10.2. The molecule has 0 bridgehead atoms. The van der Waals surface area contributed by atoms with E-state index in [2.05, 4.69) is 15.5 Å². The van der Waals surface area contributed by atoms with Crippen LogP contribution in [0.25, 0.3) is 0 Å². The van der Waals surface area contributed by atoms with Gasteiger partial charge >= 0.3 is 0 Å². The third-order valence-corrected chi connectivity index (χ3v) is 3.85. The van der Waals surface area contributed by atoms with Gasteiger partial charge in [-0.3, -0.25) is 4.79 Å². The second-order valence-corrected chi connectivity index (χ2v) is 5.48. The van der Waals surface area contributed by atoms with E-state index in [0.717, 1.165) is 17.3 Å². The van der Waals surface area contributed by atoms with Crippen LogP contribution in [0.3, 0.4) is 0 Å². The number of amides is 1. The van der Waals surface area contributed by atoms with E-state index in [1.54, 1.807) is 42.4 Å². The summed E-state index contributed by atoms with van der Waals surface area (Å²) in [6, 6.07) is 8.92. The van der Waals surface area contributed by atoms with Gasteiger partial charge < -0.3 is 9.88 Å². The van der Waals surface area contributed by atoms with Crippen molar-refractivity contribution in [2.75, 3.05) is 11.1 Å². The highest BCUT2D eigenvalue weighted by Gasteiger charge is 2.05. The number of nitrogens with zero attached hydrogens (tertiary/aromatic N) is 4. The van der Waals surface area contributed by atoms with E-state index in [1.165, 1.54) is 0 Å². The predicted octanol–water partition coefficient (Wildman–Crippen LogP) is 2.20. The van der Waals surface area contributed by atoms with Gasteiger partial charge in [0, 0.05) is 24.9 Å². The lowest BCUT2D eigenvalue weighted by Crippen LogP contribution is -2.11. The number of hydrogen-bond acceptors (Lipinski definition) is 5. The molecule has 1 amide bonds. The Morgan fingerprint density at radius 3 is 3.10 bits per heavy atom. The molecule has 0 fully saturated rings. The third kappa shape index (κ3) is 4.61. The van der Waals surface area contributed by atoms with Gasteiger partial charge in [-0.25, -0.2) is 0 Å². The van der Waals surface area contributed by atoms with Gasteiger partial charge in [0.1, 0.15) is 6.33 Å². The number of carbonyl (C=O) groups is 1. The molecule has 1 aromatic heterocycles. The van der Waals surface area contributed by atoms with Gasteiger partial charge in [0.15, 0.2) is 5.16 Å². The number of carbonyl (C=O) groups excluding carboxylic acids is 1. The zero-order valence-corrected chi connectivity index (χ0v) is 12.4. The van der Waals surface area contributed by atoms with Crippen molar-refractivity contribution >= 4 is 23.4 Å². The van der Waals surface area contributed by atoms with Gasteiger partial charge in [-0.1, -0.05) is 17.8 Å². The number of nitrogens with one attached hydrogen (secondary N) is 1. The van der Waals surface area contributed by atoms with Gasteiger partial charge in [0.05, 0.1) is 11.6 Å². The number of aryl methyl sites for hydroxylation is 1. The first-order valence-electron chi connectivity index (χ1n) is 6.46. The summed E-state index contributed by atoms with van der Waals surface area (Å²) in [6.07, 6.45) is 2.83. The van der Waals surface area contributed by atoms with Crippen LogP contribution in [-0.2, 0) is 11.8 Å². The molecule has 1 N–H and O–H groups in total. The van der Waals surface area contributed by atoms with Gasteiger partial charge in [-0.2, -0.15) is 5.26 Å². The summed E-state index contributed by atoms with van der Waals surface area (Å²) in [5.74, 6) is 0.752. The Morgan fingerprint density at radius 2 is 2.38 bits per heavy atom. The minimum atomic E-state index is -0.0522. The fourth-order valence-electron chi connectivity index (χ4n) is 1.69. The zero-order chi connectivity index (χ0) is 15.1. The van der Waals surface area contributed by atoms with Crippen LogP contribution in [-0.4, -0.2) is 26.4 Å². The van der Waals surface area contributed by atoms with Crippen LogP contribution in [0.2, 0.25) is 0 Å². The van der Waals surface area contributed by atoms with Crippen LogP contribution in [0.4, 0.5) is 5.69 Å². The predicted molar refractivity (Wildman–Crippen MR) is 80.7 cm³/mol. The van der Waals surface area contributed by atoms with Crippen molar-refractivity contribution in [3.8, 4) is 6.07 Å². The maximum atomic E-state index is 11.8. The molecule has 0 saturated heterocycles. The van der Waals surface area contributed by atoms with E-state index in [1.807, 2.05) is 17.7 Å². The molecule has 1 aromatic carbocycles. The van der Waals surface area contributed by atoms with Gasteiger partial charge in [-0.05, 0) is 24.6 Å². The van der Waals surface area contributed by atoms with Crippen LogP contribution in [0, 0.1) is 11.3 Å². The van der Waals surface area contributed by atoms with E-state index in [4.69, 9.17) is 5.26 Å². The molecule has 2 aromatic rings. The van der Waals surface area contributed by atoms with Crippen molar-refractivity contribution in [1.29, 1.82) is 5.26 Å². The summed E-state index contributed by atoms with van der Waals surface area (Å²) in [5, 5.41) is 20.2. The fourth-order valence-corrected chi connectivity index (χ4v) is 2.52. The molecule has 0 saturated carbocycles. The van der Waals surface area contributed by atoms with Crippen molar-refractivity contribution in [1.82, 2.24) is 14.8 Å². The first kappa shape index (κ1) is 15.1. The molecule has 0 spiro atoms. The second-order valence-electron chi connectivity index (χ2n) is 4.42. The topological polar surface area (TPSA) is 83.6 Å². The largest absolute Gasteiger partial charge is 0.326 e. The maximum absolute atomic E-state index is 11.8.